The largest absolute Gasteiger partial charge is 0.468 e. The molecule has 0 rings (SSSR count). The molecule has 0 aliphatic carbocycles. The summed E-state index contributed by atoms with van der Waals surface area (Å²) in [5.74, 6) is -0.838. The Morgan fingerprint density at radius 2 is 2.00 bits per heavy atom. The predicted octanol–water partition coefficient (Wildman–Crippen LogP) is 0.609. The topological polar surface area (TPSA) is 78.6 Å². The van der Waals surface area contributed by atoms with Gasteiger partial charge in [-0.3, -0.25) is 9.59 Å². The van der Waals surface area contributed by atoms with Crippen LogP contribution in [0.5, 0.6) is 0 Å². The van der Waals surface area contributed by atoms with Gasteiger partial charge in [-0.15, -0.1) is 0 Å². The number of carbonyl (C=O) groups is 2. The summed E-state index contributed by atoms with van der Waals surface area (Å²) >= 11 is 0. The molecule has 2 unspecified atom stereocenters. The van der Waals surface area contributed by atoms with Crippen molar-refractivity contribution in [2.75, 3.05) is 7.11 Å². The molecule has 0 aromatic heterocycles. The summed E-state index contributed by atoms with van der Waals surface area (Å²) in [6.07, 6.45) is 1.07. The highest BCUT2D eigenvalue weighted by atomic mass is 16.5. The fraction of sp³-hybridized carbons (Fsp3) is 0.800. The molecule has 2 atom stereocenters. The Morgan fingerprint density at radius 3 is 2.47 bits per heavy atom. The maximum Gasteiger partial charge on any atom is 0.322 e. The Kier molecular flexibility index (Phi) is 6.70. The van der Waals surface area contributed by atoms with Crippen LogP contribution in [-0.2, 0) is 19.1 Å². The van der Waals surface area contributed by atoms with E-state index in [1.54, 1.807) is 0 Å². The van der Waals surface area contributed by atoms with Crippen LogP contribution in [0.4, 0.5) is 0 Å². The van der Waals surface area contributed by atoms with Crippen molar-refractivity contribution < 1.29 is 19.1 Å². The fourth-order valence-corrected chi connectivity index (χ4v) is 0.909. The van der Waals surface area contributed by atoms with E-state index in [0.717, 1.165) is 6.42 Å². The zero-order chi connectivity index (χ0) is 11.8. The lowest BCUT2D eigenvalue weighted by atomic mass is 10.2. The number of ether oxygens (including phenoxy) is 2. The average Bonchev–Trinajstić information content (AvgIpc) is 2.24. The summed E-state index contributed by atoms with van der Waals surface area (Å²) in [6.45, 7) is 3.75. The van der Waals surface area contributed by atoms with E-state index in [2.05, 4.69) is 4.74 Å². The molecule has 0 aliphatic rings. The van der Waals surface area contributed by atoms with Gasteiger partial charge in [0.2, 0.25) is 0 Å². The molecular weight excluding hydrogens is 198 g/mol. The molecule has 0 heterocycles. The second-order valence-electron chi connectivity index (χ2n) is 3.38. The monoisotopic (exact) mass is 217 g/mol. The predicted molar refractivity (Wildman–Crippen MR) is 55.1 cm³/mol. The van der Waals surface area contributed by atoms with E-state index in [4.69, 9.17) is 10.5 Å². The van der Waals surface area contributed by atoms with E-state index in [9.17, 15) is 9.59 Å². The molecule has 0 saturated carbocycles. The molecule has 0 bridgehead atoms. The highest BCUT2D eigenvalue weighted by Gasteiger charge is 2.16. The molecule has 0 aliphatic heterocycles. The Morgan fingerprint density at radius 1 is 1.40 bits per heavy atom. The van der Waals surface area contributed by atoms with E-state index in [1.807, 2.05) is 13.8 Å². The van der Waals surface area contributed by atoms with Gasteiger partial charge in [-0.1, -0.05) is 6.92 Å². The lowest BCUT2D eigenvalue weighted by Gasteiger charge is -2.12. The lowest BCUT2D eigenvalue weighted by Crippen LogP contribution is -2.32. The van der Waals surface area contributed by atoms with Gasteiger partial charge in [-0.25, -0.2) is 0 Å². The first-order chi connectivity index (χ1) is 7.01. The van der Waals surface area contributed by atoms with Crippen molar-refractivity contribution in [3.05, 3.63) is 0 Å². The first-order valence-electron chi connectivity index (χ1n) is 5.04. The number of hydrogen-bond donors (Lipinski definition) is 1. The van der Waals surface area contributed by atoms with Crippen LogP contribution in [0.1, 0.15) is 33.1 Å². The van der Waals surface area contributed by atoms with E-state index in [1.165, 1.54) is 7.11 Å². The normalized spacial score (nSPS) is 14.1. The van der Waals surface area contributed by atoms with E-state index in [0.29, 0.717) is 0 Å². The number of methoxy groups -OCH3 is 1. The van der Waals surface area contributed by atoms with Crippen LogP contribution in [0, 0.1) is 0 Å². The molecule has 0 amide bonds. The minimum absolute atomic E-state index is 0.0909. The smallest absolute Gasteiger partial charge is 0.322 e. The van der Waals surface area contributed by atoms with Gasteiger partial charge in [0.1, 0.15) is 6.04 Å². The fourth-order valence-electron chi connectivity index (χ4n) is 0.909. The SMILES string of the molecule is CCC(C)OC(=O)CCC(N)C(=O)OC. The minimum atomic E-state index is -0.750. The van der Waals surface area contributed by atoms with Gasteiger partial charge in [-0.2, -0.15) is 0 Å². The minimum Gasteiger partial charge on any atom is -0.468 e. The maximum absolute atomic E-state index is 11.2. The van der Waals surface area contributed by atoms with Crippen molar-refractivity contribution in [1.82, 2.24) is 0 Å². The van der Waals surface area contributed by atoms with Crippen molar-refractivity contribution in [1.29, 1.82) is 0 Å². The maximum atomic E-state index is 11.2. The van der Waals surface area contributed by atoms with Crippen LogP contribution >= 0.6 is 0 Å². The number of esters is 2. The van der Waals surface area contributed by atoms with Crippen LogP contribution in [0.3, 0.4) is 0 Å². The number of nitrogens with two attached hydrogens (primary N) is 1. The molecule has 0 fully saturated rings. The average molecular weight is 217 g/mol. The standard InChI is InChI=1S/C10H19NO4/c1-4-7(2)15-9(12)6-5-8(11)10(13)14-3/h7-8H,4-6,11H2,1-3H3. The van der Waals surface area contributed by atoms with E-state index in [-0.39, 0.29) is 24.9 Å². The van der Waals surface area contributed by atoms with Crippen molar-refractivity contribution in [3.63, 3.8) is 0 Å². The van der Waals surface area contributed by atoms with Gasteiger partial charge in [0.25, 0.3) is 0 Å². The molecular formula is C10H19NO4. The van der Waals surface area contributed by atoms with Crippen molar-refractivity contribution in [2.24, 2.45) is 5.73 Å². The second kappa shape index (κ2) is 7.23. The van der Waals surface area contributed by atoms with Crippen LogP contribution in [-0.4, -0.2) is 31.2 Å². The third kappa shape index (κ3) is 6.06. The summed E-state index contributed by atoms with van der Waals surface area (Å²) in [5.41, 5.74) is 5.46. The molecule has 2 N–H and O–H groups in total. The van der Waals surface area contributed by atoms with Gasteiger partial charge >= 0.3 is 11.9 Å². The highest BCUT2D eigenvalue weighted by Crippen LogP contribution is 2.03. The number of hydrogen-bond acceptors (Lipinski definition) is 5. The molecule has 5 heteroatoms. The van der Waals surface area contributed by atoms with Gasteiger partial charge in [0.05, 0.1) is 13.2 Å². The summed E-state index contributed by atoms with van der Waals surface area (Å²) in [7, 11) is 1.26. The molecule has 0 aromatic rings. The summed E-state index contributed by atoms with van der Waals surface area (Å²) in [4.78, 5) is 22.1. The zero-order valence-corrected chi connectivity index (χ0v) is 9.49. The summed E-state index contributed by atoms with van der Waals surface area (Å²) in [6, 6.07) is -0.750. The van der Waals surface area contributed by atoms with Gasteiger partial charge in [0.15, 0.2) is 0 Å². The summed E-state index contributed by atoms with van der Waals surface area (Å²) in [5, 5.41) is 0. The highest BCUT2D eigenvalue weighted by molar-refractivity contribution is 5.76. The summed E-state index contributed by atoms with van der Waals surface area (Å²) < 4.78 is 9.45. The van der Waals surface area contributed by atoms with E-state index < -0.39 is 12.0 Å². The lowest BCUT2D eigenvalue weighted by molar-refractivity contribution is -0.149. The molecule has 88 valence electrons. The number of carbonyl (C=O) groups excluding carboxylic acids is 2. The third-order valence-electron chi connectivity index (χ3n) is 2.07. The van der Waals surface area contributed by atoms with Crippen molar-refractivity contribution >= 4 is 11.9 Å². The van der Waals surface area contributed by atoms with Gasteiger partial charge in [0, 0.05) is 6.42 Å². The van der Waals surface area contributed by atoms with E-state index >= 15 is 0 Å². The molecule has 0 saturated heterocycles. The van der Waals surface area contributed by atoms with Crippen LogP contribution in [0.2, 0.25) is 0 Å². The number of rotatable bonds is 6. The molecule has 5 nitrogen and oxygen atoms in total. The second-order valence-corrected chi connectivity index (χ2v) is 3.38. The Labute approximate surface area is 89.9 Å². The van der Waals surface area contributed by atoms with Crippen molar-refractivity contribution in [3.8, 4) is 0 Å². The molecule has 0 aromatic carbocycles. The van der Waals surface area contributed by atoms with Crippen LogP contribution in [0.25, 0.3) is 0 Å². The molecule has 15 heavy (non-hydrogen) atoms. The Balaban J connectivity index is 3.75. The molecule has 0 spiro atoms. The van der Waals surface area contributed by atoms with Crippen LogP contribution in [0.15, 0.2) is 0 Å². The Bertz CT molecular complexity index is 217. The third-order valence-corrected chi connectivity index (χ3v) is 2.07. The van der Waals surface area contributed by atoms with Gasteiger partial charge in [-0.05, 0) is 19.8 Å². The van der Waals surface area contributed by atoms with Crippen LogP contribution < -0.4 is 5.73 Å². The first kappa shape index (κ1) is 13.9. The van der Waals surface area contributed by atoms with Crippen molar-refractivity contribution in [2.45, 2.75) is 45.3 Å². The zero-order valence-electron chi connectivity index (χ0n) is 9.49. The quantitative estimate of drug-likeness (QED) is 0.659. The first-order valence-corrected chi connectivity index (χ1v) is 5.04. The molecule has 0 radical (unpaired) electrons. The van der Waals surface area contributed by atoms with Gasteiger partial charge < -0.3 is 15.2 Å². The Hall–Kier alpha value is -1.10.